The summed E-state index contributed by atoms with van der Waals surface area (Å²) >= 11 is 0. The number of hydrogen-bond acceptors (Lipinski definition) is 1. The number of fused-ring (bicyclic) bond motifs is 10. The molecular weight excluding hydrogens is 725 g/mol. The summed E-state index contributed by atoms with van der Waals surface area (Å²) in [5.74, 6) is 0. The molecule has 9 aromatic carbocycles. The van der Waals surface area contributed by atoms with Gasteiger partial charge < -0.3 is 9.47 Å². The molecule has 0 spiro atoms. The summed E-state index contributed by atoms with van der Waals surface area (Å²) in [6, 6.07) is 72.3. The molecule has 0 bridgehead atoms. The highest BCUT2D eigenvalue weighted by atomic mass is 15.1. The zero-order valence-corrected chi connectivity index (χ0v) is 34.4. The van der Waals surface area contributed by atoms with E-state index in [0.29, 0.717) is 0 Å². The Labute approximate surface area is 351 Å². The number of anilines is 3. The summed E-state index contributed by atoms with van der Waals surface area (Å²) in [4.78, 5) is 2.49. The van der Waals surface area contributed by atoms with Gasteiger partial charge in [-0.3, -0.25) is 0 Å². The van der Waals surface area contributed by atoms with Gasteiger partial charge in [-0.15, -0.1) is 0 Å². The first-order chi connectivity index (χ1) is 29.3. The normalized spacial score (nSPS) is 14.3. The highest BCUT2D eigenvalue weighted by Gasteiger charge is 2.38. The average Bonchev–Trinajstić information content (AvgIpc) is 3.83. The van der Waals surface area contributed by atoms with E-state index >= 15 is 0 Å². The largest absolute Gasteiger partial charge is 0.310 e. The van der Waals surface area contributed by atoms with E-state index in [2.05, 4.69) is 231 Å². The number of benzene rings is 9. The van der Waals surface area contributed by atoms with E-state index in [0.717, 1.165) is 0 Å². The second-order valence-electron chi connectivity index (χ2n) is 17.8. The van der Waals surface area contributed by atoms with Crippen molar-refractivity contribution in [3.63, 3.8) is 0 Å². The molecule has 1 heterocycles. The standard InChI is InChI=1S/C58H44N2/c1-57(2)50-22-12-10-20-44(50)46-30-27-41(35-52(46)57)59(54-24-14-16-37-15-8-9-19-43(37)54)42-28-31-47-45-29-25-39(34-51(45)58(3,4)53(47)36-42)38-26-32-56-49(33-38)48-21-11-13-23-55(48)60(56)40-17-6-5-7-18-40/h5-36H,1-4H3. The minimum Gasteiger partial charge on any atom is -0.310 e. The maximum atomic E-state index is 2.49. The van der Waals surface area contributed by atoms with Crippen molar-refractivity contribution in [3.05, 3.63) is 216 Å². The number of rotatable bonds is 5. The number of hydrogen-bond donors (Lipinski definition) is 0. The molecule has 0 amide bonds. The third-order valence-corrected chi connectivity index (χ3v) is 13.8. The van der Waals surface area contributed by atoms with Crippen molar-refractivity contribution in [3.8, 4) is 39.1 Å². The molecule has 1 aromatic heterocycles. The van der Waals surface area contributed by atoms with Gasteiger partial charge in [0.05, 0.1) is 16.7 Å². The average molecular weight is 769 g/mol. The third-order valence-electron chi connectivity index (χ3n) is 13.8. The maximum Gasteiger partial charge on any atom is 0.0541 e. The fourth-order valence-electron chi connectivity index (χ4n) is 10.7. The molecular formula is C58H44N2. The van der Waals surface area contributed by atoms with Crippen LogP contribution in [0.5, 0.6) is 0 Å². The van der Waals surface area contributed by atoms with Crippen molar-refractivity contribution >= 4 is 49.6 Å². The lowest BCUT2D eigenvalue weighted by molar-refractivity contribution is 0.660. The van der Waals surface area contributed by atoms with Crippen LogP contribution in [0.4, 0.5) is 17.1 Å². The SMILES string of the molecule is CC1(C)c2ccccc2-c2ccc(N(c3ccc4c(c3)C(C)(C)c3cc(-c5ccc6c(c5)c5ccccc5n6-c5ccccc5)ccc3-4)c3cccc4ccccc34)cc21. The highest BCUT2D eigenvalue weighted by molar-refractivity contribution is 6.10. The van der Waals surface area contributed by atoms with Crippen molar-refractivity contribution in [1.82, 2.24) is 4.57 Å². The molecule has 2 nitrogen and oxygen atoms in total. The van der Waals surface area contributed by atoms with Crippen LogP contribution in [0.1, 0.15) is 49.9 Å². The maximum absolute atomic E-state index is 2.49. The van der Waals surface area contributed by atoms with Crippen LogP contribution in [0, 0.1) is 0 Å². The monoisotopic (exact) mass is 768 g/mol. The van der Waals surface area contributed by atoms with Gasteiger partial charge in [-0.05, 0) is 128 Å². The van der Waals surface area contributed by atoms with Gasteiger partial charge in [0.15, 0.2) is 0 Å². The van der Waals surface area contributed by atoms with E-state index in [1.165, 1.54) is 111 Å². The zero-order chi connectivity index (χ0) is 40.3. The lowest BCUT2D eigenvalue weighted by Crippen LogP contribution is -2.18. The van der Waals surface area contributed by atoms with Gasteiger partial charge in [0.25, 0.3) is 0 Å². The quantitative estimate of drug-likeness (QED) is 0.169. The first-order valence-corrected chi connectivity index (χ1v) is 21.2. The highest BCUT2D eigenvalue weighted by Crippen LogP contribution is 2.54. The summed E-state index contributed by atoms with van der Waals surface area (Å²) in [5, 5.41) is 5.01. The Balaban J connectivity index is 0.981. The van der Waals surface area contributed by atoms with Crippen molar-refractivity contribution < 1.29 is 0 Å². The summed E-state index contributed by atoms with van der Waals surface area (Å²) in [6.07, 6.45) is 0. The van der Waals surface area contributed by atoms with E-state index < -0.39 is 0 Å². The Morgan fingerprint density at radius 2 is 0.900 bits per heavy atom. The number of nitrogens with zero attached hydrogens (tertiary/aromatic N) is 2. The van der Waals surface area contributed by atoms with Gasteiger partial charge in [-0.1, -0.05) is 155 Å². The van der Waals surface area contributed by atoms with Crippen molar-refractivity contribution in [1.29, 1.82) is 0 Å². The van der Waals surface area contributed by atoms with Gasteiger partial charge in [-0.25, -0.2) is 0 Å². The molecule has 0 fully saturated rings. The van der Waals surface area contributed by atoms with Crippen LogP contribution in [0.25, 0.3) is 71.6 Å². The first kappa shape index (κ1) is 34.8. The Bertz CT molecular complexity index is 3380. The third kappa shape index (κ3) is 4.94. The minimum absolute atomic E-state index is 0.102. The molecule has 60 heavy (non-hydrogen) atoms. The molecule has 0 saturated carbocycles. The van der Waals surface area contributed by atoms with Crippen LogP contribution in [0.15, 0.2) is 194 Å². The summed E-state index contributed by atoms with van der Waals surface area (Å²) in [6.45, 7) is 9.54. The molecule has 2 aliphatic rings. The predicted octanol–water partition coefficient (Wildman–Crippen LogP) is 15.7. The van der Waals surface area contributed by atoms with Crippen molar-refractivity contribution in [2.75, 3.05) is 4.90 Å². The molecule has 2 aliphatic carbocycles. The number of para-hydroxylation sites is 2. The summed E-state index contributed by atoms with van der Waals surface area (Å²) in [5.41, 5.74) is 20.1. The molecule has 12 rings (SSSR count). The van der Waals surface area contributed by atoms with Gasteiger partial charge in [0, 0.05) is 44.1 Å². The second-order valence-corrected chi connectivity index (χ2v) is 17.8. The van der Waals surface area contributed by atoms with Crippen LogP contribution in [0.3, 0.4) is 0 Å². The topological polar surface area (TPSA) is 8.17 Å². The Morgan fingerprint density at radius 1 is 0.367 bits per heavy atom. The van der Waals surface area contributed by atoms with Gasteiger partial charge in [-0.2, -0.15) is 0 Å². The zero-order valence-electron chi connectivity index (χ0n) is 34.4. The molecule has 0 atom stereocenters. The Hall–Kier alpha value is -7.16. The number of aromatic nitrogens is 1. The lowest BCUT2D eigenvalue weighted by atomic mass is 9.81. The molecule has 0 N–H and O–H groups in total. The Kier molecular flexibility index (Phi) is 7.36. The Morgan fingerprint density at radius 3 is 1.67 bits per heavy atom. The predicted molar refractivity (Wildman–Crippen MR) is 254 cm³/mol. The van der Waals surface area contributed by atoms with Crippen LogP contribution < -0.4 is 4.90 Å². The minimum atomic E-state index is -0.212. The van der Waals surface area contributed by atoms with Gasteiger partial charge in [0.1, 0.15) is 0 Å². The molecule has 0 saturated heterocycles. The lowest BCUT2D eigenvalue weighted by Gasteiger charge is -2.30. The van der Waals surface area contributed by atoms with E-state index in [1.54, 1.807) is 0 Å². The van der Waals surface area contributed by atoms with Crippen molar-refractivity contribution in [2.24, 2.45) is 0 Å². The van der Waals surface area contributed by atoms with Crippen molar-refractivity contribution in [2.45, 2.75) is 38.5 Å². The molecule has 0 radical (unpaired) electrons. The van der Waals surface area contributed by atoms with Crippen LogP contribution in [-0.2, 0) is 10.8 Å². The van der Waals surface area contributed by atoms with Crippen LogP contribution >= 0.6 is 0 Å². The molecule has 10 aromatic rings. The summed E-state index contributed by atoms with van der Waals surface area (Å²) < 4.78 is 2.39. The summed E-state index contributed by atoms with van der Waals surface area (Å²) in [7, 11) is 0. The second kappa shape index (κ2) is 12.7. The molecule has 2 heteroatoms. The van der Waals surface area contributed by atoms with Gasteiger partial charge in [0.2, 0.25) is 0 Å². The van der Waals surface area contributed by atoms with Gasteiger partial charge >= 0.3 is 0 Å². The van der Waals surface area contributed by atoms with E-state index in [1.807, 2.05) is 0 Å². The van der Waals surface area contributed by atoms with E-state index in [-0.39, 0.29) is 10.8 Å². The van der Waals surface area contributed by atoms with E-state index in [9.17, 15) is 0 Å². The van der Waals surface area contributed by atoms with Crippen LogP contribution in [0.2, 0.25) is 0 Å². The molecule has 0 aliphatic heterocycles. The smallest absolute Gasteiger partial charge is 0.0541 e. The molecule has 0 unspecified atom stereocenters. The first-order valence-electron chi connectivity index (χ1n) is 21.2. The molecule has 286 valence electrons. The fraction of sp³-hybridized carbons (Fsp3) is 0.103. The fourth-order valence-corrected chi connectivity index (χ4v) is 10.7. The van der Waals surface area contributed by atoms with Crippen LogP contribution in [-0.4, -0.2) is 4.57 Å². The van der Waals surface area contributed by atoms with E-state index in [4.69, 9.17) is 0 Å².